The van der Waals surface area contributed by atoms with Gasteiger partial charge in [-0.1, -0.05) is 36.8 Å². The number of benzene rings is 2. The Kier molecular flexibility index (Phi) is 5.74. The minimum Gasteiger partial charge on any atom is -0.507 e. The van der Waals surface area contributed by atoms with Crippen molar-refractivity contribution in [3.05, 3.63) is 59.7 Å². The van der Waals surface area contributed by atoms with Gasteiger partial charge in [-0.25, -0.2) is 5.43 Å². The SMILES string of the molecule is CC/C(=N\NC(=O)CNc1ccccc1)c1cc(C)ccc1O. The molecule has 5 heteroatoms. The van der Waals surface area contributed by atoms with Crippen LogP contribution in [0.3, 0.4) is 0 Å². The third-order valence-corrected chi connectivity index (χ3v) is 3.34. The zero-order valence-electron chi connectivity index (χ0n) is 13.3. The van der Waals surface area contributed by atoms with Crippen LogP contribution in [-0.4, -0.2) is 23.3 Å². The fourth-order valence-corrected chi connectivity index (χ4v) is 2.12. The van der Waals surface area contributed by atoms with Crippen molar-refractivity contribution in [3.63, 3.8) is 0 Å². The molecular formula is C18H21N3O2. The predicted octanol–water partition coefficient (Wildman–Crippen LogP) is 3.04. The molecule has 5 nitrogen and oxygen atoms in total. The first-order valence-corrected chi connectivity index (χ1v) is 7.54. The number of phenolic OH excluding ortho intramolecular Hbond substituents is 1. The van der Waals surface area contributed by atoms with Gasteiger partial charge in [-0.2, -0.15) is 5.10 Å². The van der Waals surface area contributed by atoms with Gasteiger partial charge in [0, 0.05) is 11.3 Å². The highest BCUT2D eigenvalue weighted by Gasteiger charge is 2.09. The number of amides is 1. The molecular weight excluding hydrogens is 290 g/mol. The number of phenols is 1. The number of rotatable bonds is 6. The van der Waals surface area contributed by atoms with E-state index >= 15 is 0 Å². The standard InChI is InChI=1S/C18H21N3O2/c1-3-16(15-11-13(2)9-10-17(15)22)20-21-18(23)12-19-14-7-5-4-6-8-14/h4-11,19,22H,3,12H2,1-2H3,(H,21,23)/b20-16+. The van der Waals surface area contributed by atoms with Crippen LogP contribution in [0.2, 0.25) is 0 Å². The van der Waals surface area contributed by atoms with E-state index in [4.69, 9.17) is 0 Å². The summed E-state index contributed by atoms with van der Waals surface area (Å²) in [5.74, 6) is -0.0835. The van der Waals surface area contributed by atoms with Crippen LogP contribution in [0.1, 0.15) is 24.5 Å². The molecule has 0 saturated heterocycles. The Morgan fingerprint density at radius 1 is 1.17 bits per heavy atom. The smallest absolute Gasteiger partial charge is 0.259 e. The number of carbonyl (C=O) groups is 1. The lowest BCUT2D eigenvalue weighted by Gasteiger charge is -2.09. The number of anilines is 1. The van der Waals surface area contributed by atoms with Gasteiger partial charge in [-0.3, -0.25) is 4.79 Å². The van der Waals surface area contributed by atoms with E-state index in [9.17, 15) is 9.90 Å². The number of nitrogens with zero attached hydrogens (tertiary/aromatic N) is 1. The van der Waals surface area contributed by atoms with Crippen LogP contribution in [0.5, 0.6) is 5.75 Å². The Bertz CT molecular complexity index is 697. The minimum absolute atomic E-state index is 0.129. The molecule has 0 saturated carbocycles. The van der Waals surface area contributed by atoms with Crippen LogP contribution in [-0.2, 0) is 4.79 Å². The van der Waals surface area contributed by atoms with E-state index in [1.165, 1.54) is 0 Å². The third-order valence-electron chi connectivity index (χ3n) is 3.34. The van der Waals surface area contributed by atoms with Crippen LogP contribution in [0, 0.1) is 6.92 Å². The van der Waals surface area contributed by atoms with E-state index in [1.807, 2.05) is 56.3 Å². The molecule has 0 heterocycles. The number of hydrogen-bond donors (Lipinski definition) is 3. The van der Waals surface area contributed by atoms with E-state index < -0.39 is 0 Å². The summed E-state index contributed by atoms with van der Waals surface area (Å²) in [4.78, 5) is 11.9. The van der Waals surface area contributed by atoms with Gasteiger partial charge in [0.15, 0.2) is 0 Å². The molecule has 0 aliphatic heterocycles. The summed E-state index contributed by atoms with van der Waals surface area (Å²) in [5.41, 5.74) is 5.70. The molecule has 3 N–H and O–H groups in total. The van der Waals surface area contributed by atoms with Gasteiger partial charge in [-0.15, -0.1) is 0 Å². The fourth-order valence-electron chi connectivity index (χ4n) is 2.12. The average Bonchev–Trinajstić information content (AvgIpc) is 2.57. The molecule has 0 fully saturated rings. The molecule has 23 heavy (non-hydrogen) atoms. The molecule has 0 radical (unpaired) electrons. The highest BCUT2D eigenvalue weighted by molar-refractivity contribution is 6.03. The van der Waals surface area contributed by atoms with Crippen molar-refractivity contribution in [3.8, 4) is 5.75 Å². The van der Waals surface area contributed by atoms with Crippen LogP contribution < -0.4 is 10.7 Å². The monoisotopic (exact) mass is 311 g/mol. The molecule has 0 unspecified atom stereocenters. The summed E-state index contributed by atoms with van der Waals surface area (Å²) < 4.78 is 0. The molecule has 0 bridgehead atoms. The molecule has 2 rings (SSSR count). The summed E-state index contributed by atoms with van der Waals surface area (Å²) in [7, 11) is 0. The minimum atomic E-state index is -0.244. The molecule has 2 aromatic rings. The number of para-hydroxylation sites is 1. The molecule has 2 aromatic carbocycles. The van der Waals surface area contributed by atoms with Gasteiger partial charge in [0.25, 0.3) is 5.91 Å². The van der Waals surface area contributed by atoms with E-state index in [2.05, 4.69) is 15.8 Å². The van der Waals surface area contributed by atoms with Crippen molar-refractivity contribution in [1.29, 1.82) is 0 Å². The van der Waals surface area contributed by atoms with Gasteiger partial charge in [0.05, 0.1) is 12.3 Å². The maximum atomic E-state index is 11.9. The zero-order chi connectivity index (χ0) is 16.7. The van der Waals surface area contributed by atoms with Crippen LogP contribution >= 0.6 is 0 Å². The first-order chi connectivity index (χ1) is 11.1. The molecule has 0 aliphatic rings. The van der Waals surface area contributed by atoms with Crippen molar-refractivity contribution in [2.24, 2.45) is 5.10 Å². The van der Waals surface area contributed by atoms with Gasteiger partial charge in [0.2, 0.25) is 0 Å². The molecule has 0 aromatic heterocycles. The molecule has 0 spiro atoms. The first-order valence-electron chi connectivity index (χ1n) is 7.54. The molecule has 0 atom stereocenters. The second-order valence-corrected chi connectivity index (χ2v) is 5.19. The maximum absolute atomic E-state index is 11.9. The second kappa shape index (κ2) is 7.98. The third kappa shape index (κ3) is 4.85. The fraction of sp³-hybridized carbons (Fsp3) is 0.222. The summed E-state index contributed by atoms with van der Waals surface area (Å²) in [6.07, 6.45) is 0.601. The average molecular weight is 311 g/mol. The lowest BCUT2D eigenvalue weighted by Crippen LogP contribution is -2.27. The Morgan fingerprint density at radius 2 is 1.91 bits per heavy atom. The van der Waals surface area contributed by atoms with Crippen LogP contribution in [0.4, 0.5) is 5.69 Å². The number of aromatic hydroxyl groups is 1. The van der Waals surface area contributed by atoms with Crippen LogP contribution in [0.25, 0.3) is 0 Å². The number of aryl methyl sites for hydroxylation is 1. The number of nitrogens with one attached hydrogen (secondary N) is 2. The van der Waals surface area contributed by atoms with E-state index in [0.717, 1.165) is 11.3 Å². The van der Waals surface area contributed by atoms with Gasteiger partial charge in [0.1, 0.15) is 5.75 Å². The number of hydrazone groups is 1. The second-order valence-electron chi connectivity index (χ2n) is 5.19. The molecule has 120 valence electrons. The zero-order valence-corrected chi connectivity index (χ0v) is 13.3. The Hall–Kier alpha value is -2.82. The van der Waals surface area contributed by atoms with Crippen molar-refractivity contribution >= 4 is 17.3 Å². The normalized spacial score (nSPS) is 11.1. The molecule has 1 amide bonds. The maximum Gasteiger partial charge on any atom is 0.259 e. The van der Waals surface area contributed by atoms with Gasteiger partial charge >= 0.3 is 0 Å². The van der Waals surface area contributed by atoms with Crippen molar-refractivity contribution in [1.82, 2.24) is 5.43 Å². The van der Waals surface area contributed by atoms with Crippen molar-refractivity contribution in [2.45, 2.75) is 20.3 Å². The summed E-state index contributed by atoms with van der Waals surface area (Å²) >= 11 is 0. The van der Waals surface area contributed by atoms with Gasteiger partial charge < -0.3 is 10.4 Å². The first kappa shape index (κ1) is 16.5. The topological polar surface area (TPSA) is 73.7 Å². The predicted molar refractivity (Wildman–Crippen MR) is 92.7 cm³/mol. The largest absolute Gasteiger partial charge is 0.507 e. The lowest BCUT2D eigenvalue weighted by atomic mass is 10.0. The molecule has 0 aliphatic carbocycles. The summed E-state index contributed by atoms with van der Waals surface area (Å²) in [6, 6.07) is 14.8. The lowest BCUT2D eigenvalue weighted by molar-refractivity contribution is -0.119. The Balaban J connectivity index is 1.99. The Labute approximate surface area is 136 Å². The van der Waals surface area contributed by atoms with Gasteiger partial charge in [-0.05, 0) is 37.6 Å². The Morgan fingerprint density at radius 3 is 2.61 bits per heavy atom. The van der Waals surface area contributed by atoms with E-state index in [0.29, 0.717) is 17.7 Å². The van der Waals surface area contributed by atoms with Crippen LogP contribution in [0.15, 0.2) is 53.6 Å². The number of hydrogen-bond acceptors (Lipinski definition) is 4. The summed E-state index contributed by atoms with van der Waals surface area (Å²) in [6.45, 7) is 4.00. The quantitative estimate of drug-likeness (QED) is 0.567. The van der Waals surface area contributed by atoms with Crippen molar-refractivity contribution in [2.75, 3.05) is 11.9 Å². The van der Waals surface area contributed by atoms with E-state index in [1.54, 1.807) is 6.07 Å². The highest BCUT2D eigenvalue weighted by atomic mass is 16.3. The van der Waals surface area contributed by atoms with E-state index in [-0.39, 0.29) is 18.2 Å². The van der Waals surface area contributed by atoms with Crippen molar-refractivity contribution < 1.29 is 9.90 Å². The summed E-state index contributed by atoms with van der Waals surface area (Å²) in [5, 5.41) is 17.1. The number of carbonyl (C=O) groups excluding carboxylic acids is 1. The highest BCUT2D eigenvalue weighted by Crippen LogP contribution is 2.20.